The Balaban J connectivity index is 1.69. The summed E-state index contributed by atoms with van der Waals surface area (Å²) in [5.41, 5.74) is 12.0. The Morgan fingerprint density at radius 2 is 0.952 bits per heavy atom. The Morgan fingerprint density at radius 1 is 0.548 bits per heavy atom. The van der Waals surface area contributed by atoms with Crippen molar-refractivity contribution in [3.63, 3.8) is 0 Å². The van der Waals surface area contributed by atoms with E-state index in [4.69, 9.17) is 9.47 Å². The molecule has 0 amide bonds. The zero-order chi connectivity index (χ0) is 29.4. The smallest absolute Gasteiger partial charge is 0.131 e. The van der Waals surface area contributed by atoms with Crippen LogP contribution in [0, 0.1) is 13.8 Å². The first-order chi connectivity index (χ1) is 20.4. The van der Waals surface area contributed by atoms with Crippen molar-refractivity contribution < 1.29 is 19.7 Å². The van der Waals surface area contributed by atoms with Gasteiger partial charge in [-0.3, -0.25) is 0 Å². The average Bonchev–Trinajstić information content (AvgIpc) is 2.99. The van der Waals surface area contributed by atoms with Gasteiger partial charge in [-0.15, -0.1) is 0 Å². The summed E-state index contributed by atoms with van der Waals surface area (Å²) in [4.78, 5) is 0. The lowest BCUT2D eigenvalue weighted by Gasteiger charge is -2.29. The van der Waals surface area contributed by atoms with Crippen molar-refractivity contribution in [1.82, 2.24) is 0 Å². The van der Waals surface area contributed by atoms with Crippen molar-refractivity contribution in [3.05, 3.63) is 81.9 Å². The summed E-state index contributed by atoms with van der Waals surface area (Å²) in [6.07, 6.45) is 8.07. The third kappa shape index (κ3) is 5.02. The highest BCUT2D eigenvalue weighted by Gasteiger charge is 2.30. The molecule has 0 heterocycles. The van der Waals surface area contributed by atoms with E-state index in [1.54, 1.807) is 0 Å². The van der Waals surface area contributed by atoms with Gasteiger partial charge in [0.1, 0.15) is 23.0 Å². The molecule has 6 rings (SSSR count). The normalized spacial score (nSPS) is 14.3. The van der Waals surface area contributed by atoms with Gasteiger partial charge in [0, 0.05) is 33.4 Å². The zero-order valence-corrected chi connectivity index (χ0v) is 25.4. The van der Waals surface area contributed by atoms with Gasteiger partial charge in [-0.25, -0.2) is 0 Å². The molecular weight excluding hydrogens is 520 g/mol. The monoisotopic (exact) mass is 562 g/mol. The summed E-state index contributed by atoms with van der Waals surface area (Å²) in [5.74, 6) is 2.00. The van der Waals surface area contributed by atoms with Gasteiger partial charge in [-0.05, 0) is 138 Å². The summed E-state index contributed by atoms with van der Waals surface area (Å²) in [6.45, 7) is 9.20. The maximum Gasteiger partial charge on any atom is 0.131 e. The molecule has 4 aromatic carbocycles. The molecule has 0 unspecified atom stereocenters. The molecule has 218 valence electrons. The third-order valence-electron chi connectivity index (χ3n) is 8.95. The molecule has 2 aliphatic carbocycles. The molecule has 0 fully saturated rings. The summed E-state index contributed by atoms with van der Waals surface area (Å²) in [6, 6.07) is 16.7. The lowest BCUT2D eigenvalue weighted by molar-refractivity contribution is 0.341. The number of ether oxygens (including phenoxy) is 2. The third-order valence-corrected chi connectivity index (χ3v) is 8.95. The highest BCUT2D eigenvalue weighted by molar-refractivity contribution is 5.95. The van der Waals surface area contributed by atoms with Crippen molar-refractivity contribution in [2.24, 2.45) is 0 Å². The fraction of sp³-hybridized carbons (Fsp3) is 0.368. The van der Waals surface area contributed by atoms with Gasteiger partial charge in [0.05, 0.1) is 13.2 Å². The molecule has 4 heteroatoms. The van der Waals surface area contributed by atoms with Crippen molar-refractivity contribution in [3.8, 4) is 56.4 Å². The molecule has 0 saturated carbocycles. The van der Waals surface area contributed by atoms with Crippen LogP contribution in [0.2, 0.25) is 0 Å². The summed E-state index contributed by atoms with van der Waals surface area (Å²) in [5, 5.41) is 24.6. The van der Waals surface area contributed by atoms with E-state index in [2.05, 4.69) is 38.1 Å². The number of benzene rings is 4. The predicted molar refractivity (Wildman–Crippen MR) is 171 cm³/mol. The summed E-state index contributed by atoms with van der Waals surface area (Å²) >= 11 is 0. The lowest BCUT2D eigenvalue weighted by Crippen LogP contribution is -2.10. The summed E-state index contributed by atoms with van der Waals surface area (Å²) in [7, 11) is 0. The Labute approximate surface area is 250 Å². The molecule has 4 nitrogen and oxygen atoms in total. The topological polar surface area (TPSA) is 58.9 Å². The fourth-order valence-electron chi connectivity index (χ4n) is 7.01. The van der Waals surface area contributed by atoms with Gasteiger partial charge in [-0.2, -0.15) is 0 Å². The molecule has 0 bridgehead atoms. The molecule has 0 atom stereocenters. The number of rotatable bonds is 7. The van der Waals surface area contributed by atoms with Crippen LogP contribution in [0.25, 0.3) is 33.4 Å². The van der Waals surface area contributed by atoms with Crippen molar-refractivity contribution >= 4 is 0 Å². The van der Waals surface area contributed by atoms with E-state index in [1.165, 1.54) is 22.3 Å². The molecule has 2 N–H and O–H groups in total. The number of aryl methyl sites for hydroxylation is 4. The molecule has 0 aliphatic heterocycles. The van der Waals surface area contributed by atoms with Crippen LogP contribution in [0.3, 0.4) is 0 Å². The second kappa shape index (κ2) is 11.8. The minimum Gasteiger partial charge on any atom is -0.507 e. The Hall–Kier alpha value is -3.92. The molecule has 4 aromatic rings. The number of phenolic OH excluding ortho intramolecular Hbond substituents is 2. The standard InChI is InChI=1S/C38H42O4/c1-5-41-33-17-15-23(3)19-29(33)31-21-25-11-7-9-13-27(25)35(37(31)39)36-28-14-10-8-12-26(28)22-32(38(36)40)30-20-24(4)16-18-34(30)42-6-2/h15-22,39-40H,5-14H2,1-4H3. The van der Waals surface area contributed by atoms with Gasteiger partial charge in [-0.1, -0.05) is 23.3 Å². The van der Waals surface area contributed by atoms with E-state index in [1.807, 2.05) is 38.1 Å². The molecule has 0 radical (unpaired) electrons. The van der Waals surface area contributed by atoms with E-state index >= 15 is 0 Å². The quantitative estimate of drug-likeness (QED) is 0.236. The zero-order valence-electron chi connectivity index (χ0n) is 25.4. The Kier molecular flexibility index (Phi) is 7.90. The van der Waals surface area contributed by atoms with Crippen LogP contribution in [0.1, 0.15) is 72.9 Å². The number of hydrogen-bond acceptors (Lipinski definition) is 4. The van der Waals surface area contributed by atoms with Crippen molar-refractivity contribution in [2.75, 3.05) is 13.2 Å². The van der Waals surface area contributed by atoms with Gasteiger partial charge >= 0.3 is 0 Å². The van der Waals surface area contributed by atoms with Gasteiger partial charge in [0.25, 0.3) is 0 Å². The van der Waals surface area contributed by atoms with Crippen LogP contribution < -0.4 is 9.47 Å². The van der Waals surface area contributed by atoms with Crippen LogP contribution in [-0.2, 0) is 25.7 Å². The van der Waals surface area contributed by atoms with Crippen LogP contribution in [0.15, 0.2) is 48.5 Å². The predicted octanol–water partition coefficient (Wildman–Crippen LogP) is 9.27. The van der Waals surface area contributed by atoms with Crippen molar-refractivity contribution in [1.29, 1.82) is 0 Å². The minimum absolute atomic E-state index is 0.233. The first-order valence-corrected chi connectivity index (χ1v) is 15.6. The van der Waals surface area contributed by atoms with E-state index in [0.717, 1.165) is 107 Å². The highest BCUT2D eigenvalue weighted by Crippen LogP contribution is 2.53. The highest BCUT2D eigenvalue weighted by atomic mass is 16.5. The minimum atomic E-state index is 0.233. The van der Waals surface area contributed by atoms with Crippen LogP contribution in [-0.4, -0.2) is 23.4 Å². The van der Waals surface area contributed by atoms with Gasteiger partial charge < -0.3 is 19.7 Å². The number of fused-ring (bicyclic) bond motifs is 2. The molecular formula is C38H42O4. The van der Waals surface area contributed by atoms with Crippen molar-refractivity contribution in [2.45, 2.75) is 79.1 Å². The Bertz CT molecular complexity index is 1530. The van der Waals surface area contributed by atoms with E-state index in [0.29, 0.717) is 13.2 Å². The fourth-order valence-corrected chi connectivity index (χ4v) is 7.01. The second-order valence-electron chi connectivity index (χ2n) is 11.9. The second-order valence-corrected chi connectivity index (χ2v) is 11.9. The maximum absolute atomic E-state index is 12.3. The number of hydrogen-bond donors (Lipinski definition) is 2. The van der Waals surface area contributed by atoms with E-state index < -0.39 is 0 Å². The lowest BCUT2D eigenvalue weighted by atomic mass is 9.77. The van der Waals surface area contributed by atoms with Crippen LogP contribution >= 0.6 is 0 Å². The van der Waals surface area contributed by atoms with Crippen LogP contribution in [0.5, 0.6) is 23.0 Å². The number of aromatic hydroxyl groups is 2. The summed E-state index contributed by atoms with van der Waals surface area (Å²) < 4.78 is 12.1. The molecule has 0 saturated heterocycles. The Morgan fingerprint density at radius 3 is 1.36 bits per heavy atom. The first-order valence-electron chi connectivity index (χ1n) is 15.6. The number of phenols is 2. The van der Waals surface area contributed by atoms with Gasteiger partial charge in [0.2, 0.25) is 0 Å². The first kappa shape index (κ1) is 28.2. The average molecular weight is 563 g/mol. The molecule has 0 spiro atoms. The SMILES string of the molecule is CCOc1ccc(C)cc1-c1cc2c(c(-c3c(O)c(-c4cc(C)ccc4OCC)cc4c3CCCC4)c1O)CCCC2. The van der Waals surface area contributed by atoms with E-state index in [9.17, 15) is 10.2 Å². The molecule has 2 aliphatic rings. The maximum atomic E-state index is 12.3. The van der Waals surface area contributed by atoms with Gasteiger partial charge in [0.15, 0.2) is 0 Å². The molecule has 0 aromatic heterocycles. The van der Waals surface area contributed by atoms with Crippen LogP contribution in [0.4, 0.5) is 0 Å². The largest absolute Gasteiger partial charge is 0.507 e. The molecule has 42 heavy (non-hydrogen) atoms. The van der Waals surface area contributed by atoms with E-state index in [-0.39, 0.29) is 11.5 Å².